The van der Waals surface area contributed by atoms with Crippen LogP contribution in [0.15, 0.2) is 24.3 Å². The summed E-state index contributed by atoms with van der Waals surface area (Å²) in [5.41, 5.74) is -1.25. The van der Waals surface area contributed by atoms with Crippen LogP contribution < -0.4 is 5.32 Å². The second kappa shape index (κ2) is 3.37. The van der Waals surface area contributed by atoms with Gasteiger partial charge in [-0.25, -0.2) is 9.18 Å². The normalized spacial score (nSPS) is 32.7. The molecule has 1 N–H and O–H groups in total. The van der Waals surface area contributed by atoms with Crippen LogP contribution in [0.1, 0.15) is 18.9 Å². The number of alkyl halides is 1. The number of carbonyl (C=O) groups is 1. The second-order valence-electron chi connectivity index (χ2n) is 4.92. The van der Waals surface area contributed by atoms with E-state index in [1.54, 1.807) is 13.0 Å². The molecule has 0 bridgehead atoms. The molecule has 1 fully saturated rings. The van der Waals surface area contributed by atoms with Crippen LogP contribution in [0.2, 0.25) is 0 Å². The molecular formula is C13H15FN2O2. The number of amides is 1. The minimum absolute atomic E-state index is 0.280. The number of ether oxygens (including phenoxy) is 1. The van der Waals surface area contributed by atoms with Gasteiger partial charge >= 0.3 is 6.09 Å². The molecule has 5 heteroatoms. The molecule has 0 spiro atoms. The molecule has 18 heavy (non-hydrogen) atoms. The van der Waals surface area contributed by atoms with E-state index in [0.29, 0.717) is 12.1 Å². The molecular weight excluding hydrogens is 235 g/mol. The van der Waals surface area contributed by atoms with E-state index in [0.717, 1.165) is 5.69 Å². The molecule has 0 aliphatic carbocycles. The molecule has 2 aliphatic rings. The number of benzene rings is 1. The molecule has 4 nitrogen and oxygen atoms in total. The van der Waals surface area contributed by atoms with E-state index in [9.17, 15) is 4.79 Å². The van der Waals surface area contributed by atoms with Crippen LogP contribution in [0.25, 0.3) is 0 Å². The average Bonchev–Trinajstić information content (AvgIpc) is 2.74. The van der Waals surface area contributed by atoms with Gasteiger partial charge in [0.1, 0.15) is 0 Å². The Labute approximate surface area is 105 Å². The zero-order valence-corrected chi connectivity index (χ0v) is 10.4. The highest BCUT2D eigenvalue weighted by Crippen LogP contribution is 2.55. The molecule has 0 radical (unpaired) electrons. The number of hydrogen-bond donors (Lipinski definition) is 1. The molecule has 3 rings (SSSR count). The summed E-state index contributed by atoms with van der Waals surface area (Å²) in [5.74, 6) is 0. The minimum atomic E-state index is -1.56. The Balaban J connectivity index is 2.09. The van der Waals surface area contributed by atoms with Gasteiger partial charge in [0.05, 0.1) is 7.11 Å². The maximum absolute atomic E-state index is 15.3. The van der Waals surface area contributed by atoms with Crippen molar-refractivity contribution in [3.8, 4) is 0 Å². The molecule has 96 valence electrons. The summed E-state index contributed by atoms with van der Waals surface area (Å²) in [7, 11) is 1.31. The van der Waals surface area contributed by atoms with Crippen LogP contribution in [0.5, 0.6) is 0 Å². The predicted octanol–water partition coefficient (Wildman–Crippen LogP) is 2.47. The zero-order chi connectivity index (χ0) is 13.0. The topological polar surface area (TPSA) is 41.6 Å². The lowest BCUT2D eigenvalue weighted by Gasteiger charge is -2.37. The summed E-state index contributed by atoms with van der Waals surface area (Å²) < 4.78 is 20.0. The minimum Gasteiger partial charge on any atom is -0.453 e. The Morgan fingerprint density at radius 1 is 1.50 bits per heavy atom. The fourth-order valence-electron chi connectivity index (χ4n) is 3.09. The first-order valence-electron chi connectivity index (χ1n) is 5.95. The van der Waals surface area contributed by atoms with Crippen LogP contribution in [-0.4, -0.2) is 30.3 Å². The zero-order valence-electron chi connectivity index (χ0n) is 10.4. The number of fused-ring (bicyclic) bond motifs is 3. The van der Waals surface area contributed by atoms with E-state index in [4.69, 9.17) is 4.74 Å². The van der Waals surface area contributed by atoms with Gasteiger partial charge in [0.15, 0.2) is 11.3 Å². The van der Waals surface area contributed by atoms with Crippen molar-refractivity contribution in [3.05, 3.63) is 29.8 Å². The fraction of sp³-hybridized carbons (Fsp3) is 0.462. The molecule has 0 saturated carbocycles. The third-order valence-electron chi connectivity index (χ3n) is 4.12. The number of anilines is 1. The van der Waals surface area contributed by atoms with E-state index in [1.165, 1.54) is 12.0 Å². The van der Waals surface area contributed by atoms with Gasteiger partial charge in [0, 0.05) is 24.2 Å². The highest BCUT2D eigenvalue weighted by atomic mass is 19.1. The Hall–Kier alpha value is -1.78. The Morgan fingerprint density at radius 2 is 2.22 bits per heavy atom. The SMILES string of the molecule is COC(=O)N1CC[C@@]2(F)c3ccccc3N[C@@]12C. The molecule has 1 saturated heterocycles. The first-order valence-corrected chi connectivity index (χ1v) is 5.95. The van der Waals surface area contributed by atoms with Crippen molar-refractivity contribution in [2.24, 2.45) is 0 Å². The largest absolute Gasteiger partial charge is 0.453 e. The Morgan fingerprint density at radius 3 is 2.94 bits per heavy atom. The van der Waals surface area contributed by atoms with Gasteiger partial charge < -0.3 is 10.1 Å². The van der Waals surface area contributed by atoms with E-state index in [2.05, 4.69) is 5.32 Å². The molecule has 1 aromatic carbocycles. The van der Waals surface area contributed by atoms with E-state index < -0.39 is 17.4 Å². The molecule has 2 heterocycles. The number of likely N-dealkylation sites (tertiary alicyclic amines) is 1. The third kappa shape index (κ3) is 1.11. The molecule has 1 amide bonds. The highest BCUT2D eigenvalue weighted by Gasteiger charge is 2.64. The van der Waals surface area contributed by atoms with Gasteiger partial charge in [0.2, 0.25) is 0 Å². The Bertz CT molecular complexity index is 521. The standard InChI is InChI=1S/C13H15FN2O2/c1-12-13(14,7-8-16(12)11(17)18-2)9-5-3-4-6-10(9)15-12/h3-6,15H,7-8H2,1-2H3/t12-,13+/m0/s1. The van der Waals surface area contributed by atoms with Crippen LogP contribution >= 0.6 is 0 Å². The van der Waals surface area contributed by atoms with Crippen molar-refractivity contribution in [3.63, 3.8) is 0 Å². The van der Waals surface area contributed by atoms with Crippen LogP contribution in [0.4, 0.5) is 14.9 Å². The summed E-state index contributed by atoms with van der Waals surface area (Å²) in [4.78, 5) is 13.2. The number of nitrogens with zero attached hydrogens (tertiary/aromatic N) is 1. The van der Waals surface area contributed by atoms with Crippen molar-refractivity contribution in [1.82, 2.24) is 4.90 Å². The van der Waals surface area contributed by atoms with Gasteiger partial charge in [-0.2, -0.15) is 0 Å². The van der Waals surface area contributed by atoms with Crippen molar-refractivity contribution in [2.45, 2.75) is 24.7 Å². The van der Waals surface area contributed by atoms with Crippen LogP contribution in [-0.2, 0) is 10.4 Å². The molecule has 1 aromatic rings. The van der Waals surface area contributed by atoms with E-state index >= 15 is 4.39 Å². The number of rotatable bonds is 0. The second-order valence-corrected chi connectivity index (χ2v) is 4.92. The fourth-order valence-corrected chi connectivity index (χ4v) is 3.09. The lowest BCUT2D eigenvalue weighted by molar-refractivity contribution is 0.0389. The summed E-state index contributed by atoms with van der Waals surface area (Å²) in [5, 5.41) is 3.13. The number of halogens is 1. The van der Waals surface area contributed by atoms with Gasteiger partial charge in [-0.15, -0.1) is 0 Å². The smallest absolute Gasteiger partial charge is 0.411 e. The molecule has 2 aliphatic heterocycles. The van der Waals surface area contributed by atoms with Crippen molar-refractivity contribution in [1.29, 1.82) is 0 Å². The summed E-state index contributed by atoms with van der Waals surface area (Å²) in [6, 6.07) is 7.26. The summed E-state index contributed by atoms with van der Waals surface area (Å²) in [6.07, 6.45) is -0.222. The lowest BCUT2D eigenvalue weighted by Crippen LogP contribution is -2.55. The maximum Gasteiger partial charge on any atom is 0.411 e. The molecule has 0 aromatic heterocycles. The summed E-state index contributed by atoms with van der Waals surface area (Å²) in [6.45, 7) is 2.05. The van der Waals surface area contributed by atoms with Crippen molar-refractivity contribution < 1.29 is 13.9 Å². The van der Waals surface area contributed by atoms with Gasteiger partial charge in [-0.3, -0.25) is 4.90 Å². The van der Waals surface area contributed by atoms with Gasteiger partial charge in [-0.05, 0) is 13.0 Å². The van der Waals surface area contributed by atoms with E-state index in [1.807, 2.05) is 18.2 Å². The number of carbonyl (C=O) groups excluding carboxylic acids is 1. The quantitative estimate of drug-likeness (QED) is 0.769. The first kappa shape index (κ1) is 11.3. The van der Waals surface area contributed by atoms with Crippen LogP contribution in [0.3, 0.4) is 0 Å². The van der Waals surface area contributed by atoms with Crippen molar-refractivity contribution >= 4 is 11.8 Å². The first-order chi connectivity index (χ1) is 8.53. The molecule has 2 atom stereocenters. The number of para-hydroxylation sites is 1. The molecule has 0 unspecified atom stereocenters. The number of methoxy groups -OCH3 is 1. The monoisotopic (exact) mass is 250 g/mol. The third-order valence-corrected chi connectivity index (χ3v) is 4.12. The maximum atomic E-state index is 15.3. The van der Waals surface area contributed by atoms with Crippen LogP contribution in [0, 0.1) is 0 Å². The van der Waals surface area contributed by atoms with Gasteiger partial charge in [-0.1, -0.05) is 18.2 Å². The Kier molecular flexibility index (Phi) is 2.12. The number of nitrogens with one attached hydrogen (secondary N) is 1. The van der Waals surface area contributed by atoms with Crippen molar-refractivity contribution in [2.75, 3.05) is 19.0 Å². The van der Waals surface area contributed by atoms with Gasteiger partial charge in [0.25, 0.3) is 0 Å². The summed E-state index contributed by atoms with van der Waals surface area (Å²) >= 11 is 0. The highest BCUT2D eigenvalue weighted by molar-refractivity contribution is 5.74. The number of hydrogen-bond acceptors (Lipinski definition) is 3. The predicted molar refractivity (Wildman–Crippen MR) is 65.0 cm³/mol. The van der Waals surface area contributed by atoms with E-state index in [-0.39, 0.29) is 6.42 Å². The lowest BCUT2D eigenvalue weighted by atomic mass is 9.88. The average molecular weight is 250 g/mol.